The topological polar surface area (TPSA) is 107 Å². The van der Waals surface area contributed by atoms with E-state index in [9.17, 15) is 8.42 Å². The molecule has 0 unspecified atom stereocenters. The minimum absolute atomic E-state index is 0.111. The molecule has 3 heterocycles. The first-order valence-corrected chi connectivity index (χ1v) is 11.5. The number of hydrogen-bond acceptors (Lipinski definition) is 8. The number of ether oxygens (including phenoxy) is 1. The van der Waals surface area contributed by atoms with Crippen LogP contribution in [-0.4, -0.2) is 53.5 Å². The molecule has 4 aromatic rings. The van der Waals surface area contributed by atoms with Crippen LogP contribution in [0.1, 0.15) is 19.0 Å². The maximum Gasteiger partial charge on any atom is 0.269 e. The third-order valence-corrected chi connectivity index (χ3v) is 6.58. The molecule has 168 valence electrons. The molecule has 0 spiro atoms. The van der Waals surface area contributed by atoms with Crippen molar-refractivity contribution in [2.75, 3.05) is 31.5 Å². The Labute approximate surface area is 186 Å². The summed E-state index contributed by atoms with van der Waals surface area (Å²) in [6, 6.07) is 8.00. The molecule has 0 fully saturated rings. The van der Waals surface area contributed by atoms with Gasteiger partial charge in [-0.25, -0.2) is 17.4 Å². The van der Waals surface area contributed by atoms with Crippen LogP contribution in [0, 0.1) is 0 Å². The van der Waals surface area contributed by atoms with Crippen LogP contribution >= 0.6 is 0 Å². The maximum absolute atomic E-state index is 13.3. The van der Waals surface area contributed by atoms with Crippen LogP contribution in [-0.2, 0) is 16.4 Å². The summed E-state index contributed by atoms with van der Waals surface area (Å²) in [4.78, 5) is 10.7. The highest BCUT2D eigenvalue weighted by Crippen LogP contribution is 2.25. The van der Waals surface area contributed by atoms with Crippen LogP contribution in [0.3, 0.4) is 0 Å². The molecule has 10 nitrogen and oxygen atoms in total. The van der Waals surface area contributed by atoms with E-state index in [4.69, 9.17) is 4.74 Å². The summed E-state index contributed by atoms with van der Waals surface area (Å²) in [6.07, 6.45) is 6.64. The fourth-order valence-electron chi connectivity index (χ4n) is 3.27. The number of methoxy groups -OCH3 is 1. The molecule has 0 radical (unpaired) electrons. The first kappa shape index (κ1) is 21.6. The van der Waals surface area contributed by atoms with E-state index < -0.39 is 10.0 Å². The zero-order valence-electron chi connectivity index (χ0n) is 18.3. The number of rotatable bonds is 8. The van der Waals surface area contributed by atoms with Crippen molar-refractivity contribution in [3.63, 3.8) is 0 Å². The SMILES string of the molecule is CCCc1nn(N(C)C)cc1Nc1ncc2ccn(S(=O)(=O)c3cccc(OC)c3)c2n1. The number of fused-ring (bicyclic) bond motifs is 1. The molecule has 32 heavy (non-hydrogen) atoms. The lowest BCUT2D eigenvalue weighted by Gasteiger charge is -2.11. The smallest absolute Gasteiger partial charge is 0.269 e. The van der Waals surface area contributed by atoms with Crippen molar-refractivity contribution >= 4 is 32.7 Å². The van der Waals surface area contributed by atoms with E-state index in [0.717, 1.165) is 28.2 Å². The van der Waals surface area contributed by atoms with Gasteiger partial charge >= 0.3 is 0 Å². The number of aromatic nitrogens is 5. The van der Waals surface area contributed by atoms with Gasteiger partial charge in [0.2, 0.25) is 5.95 Å². The standard InChI is InChI=1S/C21H25N7O3S/c1-5-7-18-19(14-28(25-18)26(2)3)23-21-22-13-15-10-11-27(20(15)24-21)32(29,30)17-9-6-8-16(12-17)31-4/h6,8-14H,5,7H2,1-4H3,(H,22,23,24). The molecule has 3 aromatic heterocycles. The summed E-state index contributed by atoms with van der Waals surface area (Å²) in [5.74, 6) is 0.745. The van der Waals surface area contributed by atoms with Crippen LogP contribution in [0.25, 0.3) is 11.0 Å². The maximum atomic E-state index is 13.3. The first-order valence-electron chi connectivity index (χ1n) is 10.1. The van der Waals surface area contributed by atoms with E-state index in [2.05, 4.69) is 27.3 Å². The highest BCUT2D eigenvalue weighted by atomic mass is 32.2. The van der Waals surface area contributed by atoms with Crippen LogP contribution in [0.2, 0.25) is 0 Å². The largest absolute Gasteiger partial charge is 0.497 e. The molecular formula is C21H25N7O3S. The molecule has 0 amide bonds. The molecule has 4 rings (SSSR count). The molecule has 0 saturated heterocycles. The van der Waals surface area contributed by atoms with Gasteiger partial charge in [-0.2, -0.15) is 14.9 Å². The van der Waals surface area contributed by atoms with Gasteiger partial charge in [-0.05, 0) is 24.6 Å². The third kappa shape index (κ3) is 3.98. The zero-order chi connectivity index (χ0) is 22.9. The fraction of sp³-hybridized carbons (Fsp3) is 0.286. The lowest BCUT2D eigenvalue weighted by Crippen LogP contribution is -2.25. The molecule has 0 bridgehead atoms. The lowest BCUT2D eigenvalue weighted by molar-refractivity contribution is 0.413. The molecule has 0 aliphatic carbocycles. The van der Waals surface area contributed by atoms with Gasteiger partial charge in [0.1, 0.15) is 5.75 Å². The highest BCUT2D eigenvalue weighted by molar-refractivity contribution is 7.90. The van der Waals surface area contributed by atoms with Crippen LogP contribution < -0.4 is 15.1 Å². The second-order valence-electron chi connectivity index (χ2n) is 7.40. The summed E-state index contributed by atoms with van der Waals surface area (Å²) in [6.45, 7) is 2.08. The first-order chi connectivity index (χ1) is 15.3. The fourth-order valence-corrected chi connectivity index (χ4v) is 4.61. The minimum atomic E-state index is -3.87. The monoisotopic (exact) mass is 455 g/mol. The lowest BCUT2D eigenvalue weighted by atomic mass is 10.2. The molecule has 0 aliphatic heterocycles. The highest BCUT2D eigenvalue weighted by Gasteiger charge is 2.21. The second kappa shape index (κ2) is 8.50. The van der Waals surface area contributed by atoms with Gasteiger partial charge < -0.3 is 15.1 Å². The third-order valence-electron chi connectivity index (χ3n) is 4.91. The average molecular weight is 456 g/mol. The number of anilines is 2. The average Bonchev–Trinajstić information content (AvgIpc) is 3.38. The van der Waals surface area contributed by atoms with E-state index in [1.807, 2.05) is 25.3 Å². The second-order valence-corrected chi connectivity index (χ2v) is 9.22. The van der Waals surface area contributed by atoms with Crippen LogP contribution in [0.4, 0.5) is 11.6 Å². The van der Waals surface area contributed by atoms with Gasteiger partial charge in [0.05, 0.1) is 29.6 Å². The number of hydrogen-bond donors (Lipinski definition) is 1. The van der Waals surface area contributed by atoms with E-state index >= 15 is 0 Å². The van der Waals surface area contributed by atoms with Gasteiger partial charge in [0.15, 0.2) is 5.65 Å². The zero-order valence-corrected chi connectivity index (χ0v) is 19.2. The quantitative estimate of drug-likeness (QED) is 0.432. The summed E-state index contributed by atoms with van der Waals surface area (Å²) >= 11 is 0. The van der Waals surface area contributed by atoms with E-state index in [-0.39, 0.29) is 16.5 Å². The number of benzene rings is 1. The molecule has 0 atom stereocenters. The molecule has 0 saturated carbocycles. The van der Waals surface area contributed by atoms with Crippen molar-refractivity contribution in [3.05, 3.63) is 54.6 Å². The van der Waals surface area contributed by atoms with Crippen LogP contribution in [0.5, 0.6) is 5.75 Å². The van der Waals surface area contributed by atoms with Gasteiger partial charge in [0, 0.05) is 37.9 Å². The predicted molar refractivity (Wildman–Crippen MR) is 123 cm³/mol. The Bertz CT molecular complexity index is 1360. The predicted octanol–water partition coefficient (Wildman–Crippen LogP) is 2.77. The Balaban J connectivity index is 1.74. The summed E-state index contributed by atoms with van der Waals surface area (Å²) < 4.78 is 32.9. The summed E-state index contributed by atoms with van der Waals surface area (Å²) in [5.41, 5.74) is 1.93. The van der Waals surface area contributed by atoms with Gasteiger partial charge in [0.25, 0.3) is 10.0 Å². The Morgan fingerprint density at radius 2 is 2.03 bits per heavy atom. The molecular weight excluding hydrogens is 430 g/mol. The Kier molecular flexibility index (Phi) is 5.74. The molecule has 1 N–H and O–H groups in total. The Morgan fingerprint density at radius 3 is 2.75 bits per heavy atom. The van der Waals surface area contributed by atoms with Gasteiger partial charge in [-0.3, -0.25) is 0 Å². The van der Waals surface area contributed by atoms with E-state index in [1.54, 1.807) is 29.2 Å². The summed E-state index contributed by atoms with van der Waals surface area (Å²) in [5, 5.41) is 10.2. The molecule has 11 heteroatoms. The number of nitrogens with one attached hydrogen (secondary N) is 1. The molecule has 0 aliphatic rings. The number of aryl methyl sites for hydroxylation is 1. The van der Waals surface area contributed by atoms with Crippen molar-refractivity contribution in [3.8, 4) is 5.75 Å². The molecule has 1 aromatic carbocycles. The van der Waals surface area contributed by atoms with Crippen molar-refractivity contribution in [2.24, 2.45) is 0 Å². The van der Waals surface area contributed by atoms with Gasteiger partial charge in [-0.15, -0.1) is 0 Å². The Hall–Kier alpha value is -3.60. The number of nitrogens with zero attached hydrogens (tertiary/aromatic N) is 6. The minimum Gasteiger partial charge on any atom is -0.497 e. The normalized spacial score (nSPS) is 11.6. The van der Waals surface area contributed by atoms with Crippen molar-refractivity contribution in [2.45, 2.75) is 24.7 Å². The van der Waals surface area contributed by atoms with Crippen molar-refractivity contribution in [1.29, 1.82) is 0 Å². The summed E-state index contributed by atoms with van der Waals surface area (Å²) in [7, 11) is 1.41. The van der Waals surface area contributed by atoms with Crippen molar-refractivity contribution in [1.82, 2.24) is 23.8 Å². The Morgan fingerprint density at radius 1 is 1.22 bits per heavy atom. The van der Waals surface area contributed by atoms with Crippen LogP contribution in [0.15, 0.2) is 53.8 Å². The van der Waals surface area contributed by atoms with E-state index in [1.165, 1.54) is 25.4 Å². The van der Waals surface area contributed by atoms with Gasteiger partial charge in [-0.1, -0.05) is 19.4 Å². The van der Waals surface area contributed by atoms with Crippen molar-refractivity contribution < 1.29 is 13.2 Å². The van der Waals surface area contributed by atoms with E-state index in [0.29, 0.717) is 11.1 Å².